The van der Waals surface area contributed by atoms with Gasteiger partial charge in [-0.05, 0) is 25.1 Å². The third kappa shape index (κ3) is 2.55. The summed E-state index contributed by atoms with van der Waals surface area (Å²) in [5.74, 6) is 0.853. The Bertz CT molecular complexity index is 815. The van der Waals surface area contributed by atoms with Crippen molar-refractivity contribution in [2.75, 3.05) is 32.7 Å². The van der Waals surface area contributed by atoms with Gasteiger partial charge in [0.05, 0.1) is 10.9 Å². The van der Waals surface area contributed by atoms with Crippen LogP contribution in [0.5, 0.6) is 0 Å². The van der Waals surface area contributed by atoms with Gasteiger partial charge in [-0.2, -0.15) is 4.98 Å². The number of para-hydroxylation sites is 1. The Morgan fingerprint density at radius 1 is 1.13 bits per heavy atom. The zero-order valence-corrected chi connectivity index (χ0v) is 13.5. The fraction of sp³-hybridized carbons (Fsp3) is 0.444. The summed E-state index contributed by atoms with van der Waals surface area (Å²) in [4.78, 5) is 21.5. The second kappa shape index (κ2) is 5.81. The van der Waals surface area contributed by atoms with E-state index in [0.717, 1.165) is 57.0 Å². The van der Waals surface area contributed by atoms with E-state index in [1.165, 1.54) is 5.57 Å². The lowest BCUT2D eigenvalue weighted by Gasteiger charge is -2.33. The molecule has 4 rings (SSSR count). The van der Waals surface area contributed by atoms with Gasteiger partial charge in [0.2, 0.25) is 0 Å². The maximum absolute atomic E-state index is 12.3. The Kier molecular flexibility index (Phi) is 3.65. The van der Waals surface area contributed by atoms with Crippen LogP contribution in [0.2, 0.25) is 0 Å². The molecule has 2 aromatic rings. The number of hydrogen-bond acceptors (Lipinski definition) is 4. The topological polar surface area (TPSA) is 41.4 Å². The van der Waals surface area contributed by atoms with Crippen molar-refractivity contribution in [1.82, 2.24) is 19.4 Å². The smallest absolute Gasteiger partial charge is 0.281 e. The molecule has 0 unspecified atom stereocenters. The minimum atomic E-state index is -0.115. The number of nitrogens with zero attached hydrogens (tertiary/aromatic N) is 4. The number of likely N-dealkylation sites (N-methyl/N-ethyl adjacent to an activating group) is 1. The molecule has 1 saturated heterocycles. The van der Waals surface area contributed by atoms with Gasteiger partial charge in [-0.25, -0.2) is 0 Å². The molecule has 1 aromatic carbocycles. The van der Waals surface area contributed by atoms with Crippen LogP contribution in [-0.4, -0.2) is 52.1 Å². The number of rotatable bonds is 2. The molecule has 2 aliphatic rings. The van der Waals surface area contributed by atoms with Crippen LogP contribution < -0.4 is 5.56 Å². The van der Waals surface area contributed by atoms with Crippen molar-refractivity contribution in [2.24, 2.45) is 0 Å². The Balaban J connectivity index is 1.68. The van der Waals surface area contributed by atoms with Crippen molar-refractivity contribution < 1.29 is 0 Å². The number of fused-ring (bicyclic) bond motifs is 3. The zero-order chi connectivity index (χ0) is 15.8. The molecular weight excluding hydrogens is 288 g/mol. The highest BCUT2D eigenvalue weighted by Gasteiger charge is 2.22. The van der Waals surface area contributed by atoms with Crippen molar-refractivity contribution in [3.05, 3.63) is 46.6 Å². The number of hydrogen-bond donors (Lipinski definition) is 0. The van der Waals surface area contributed by atoms with Crippen LogP contribution in [-0.2, 0) is 6.54 Å². The minimum Gasteiger partial charge on any atom is -0.374 e. The summed E-state index contributed by atoms with van der Waals surface area (Å²) in [6.45, 7) is 8.56. The van der Waals surface area contributed by atoms with E-state index >= 15 is 0 Å². The maximum atomic E-state index is 12.3. The summed E-state index contributed by atoms with van der Waals surface area (Å²) in [6.07, 6.45) is 3.18. The summed E-state index contributed by atoms with van der Waals surface area (Å²) in [5, 5.41) is 0.717. The largest absolute Gasteiger partial charge is 0.374 e. The normalized spacial score (nSPS) is 20.4. The van der Waals surface area contributed by atoms with E-state index in [0.29, 0.717) is 5.39 Å². The molecule has 120 valence electrons. The monoisotopic (exact) mass is 310 g/mol. The number of piperazine rings is 1. The first-order valence-electron chi connectivity index (χ1n) is 8.43. The van der Waals surface area contributed by atoms with Gasteiger partial charge in [0.25, 0.3) is 5.56 Å². The lowest BCUT2D eigenvalue weighted by atomic mass is 10.2. The van der Waals surface area contributed by atoms with E-state index in [1.807, 2.05) is 24.3 Å². The summed E-state index contributed by atoms with van der Waals surface area (Å²) in [6, 6.07) is 7.77. The number of aromatic nitrogens is 2. The van der Waals surface area contributed by atoms with Crippen LogP contribution in [0, 0.1) is 0 Å². The lowest BCUT2D eigenvalue weighted by Crippen LogP contribution is -2.43. The molecule has 0 radical (unpaired) electrons. The van der Waals surface area contributed by atoms with Crippen molar-refractivity contribution in [3.63, 3.8) is 0 Å². The van der Waals surface area contributed by atoms with Crippen molar-refractivity contribution in [1.29, 1.82) is 0 Å². The quantitative estimate of drug-likeness (QED) is 0.848. The second-order valence-corrected chi connectivity index (χ2v) is 6.28. The molecule has 1 aromatic heterocycles. The summed E-state index contributed by atoms with van der Waals surface area (Å²) < 4.78 is 2.19. The van der Waals surface area contributed by atoms with Crippen LogP contribution in [0.25, 0.3) is 16.5 Å². The number of aryl methyl sites for hydroxylation is 1. The number of benzene rings is 1. The van der Waals surface area contributed by atoms with Gasteiger partial charge in [-0.15, -0.1) is 0 Å². The summed E-state index contributed by atoms with van der Waals surface area (Å²) >= 11 is 0. The third-order valence-corrected chi connectivity index (χ3v) is 4.97. The molecule has 0 atom stereocenters. The Morgan fingerprint density at radius 2 is 1.91 bits per heavy atom. The van der Waals surface area contributed by atoms with Crippen LogP contribution >= 0.6 is 0 Å². The first kappa shape index (κ1) is 14.5. The van der Waals surface area contributed by atoms with Gasteiger partial charge in [0.15, 0.2) is 0 Å². The van der Waals surface area contributed by atoms with E-state index in [2.05, 4.69) is 32.5 Å². The van der Waals surface area contributed by atoms with Gasteiger partial charge in [0, 0.05) is 44.5 Å². The molecule has 0 aliphatic carbocycles. The highest BCUT2D eigenvalue weighted by molar-refractivity contribution is 5.81. The van der Waals surface area contributed by atoms with Crippen molar-refractivity contribution >= 4 is 16.5 Å². The molecule has 3 heterocycles. The van der Waals surface area contributed by atoms with E-state index < -0.39 is 0 Å². The summed E-state index contributed by atoms with van der Waals surface area (Å²) in [7, 11) is 0. The van der Waals surface area contributed by atoms with E-state index in [4.69, 9.17) is 0 Å². The predicted molar refractivity (Wildman–Crippen MR) is 92.3 cm³/mol. The average Bonchev–Trinajstić information content (AvgIpc) is 2.99. The molecule has 2 aliphatic heterocycles. The fourth-order valence-corrected chi connectivity index (χ4v) is 3.59. The molecule has 0 amide bonds. The standard InChI is InChI=1S/C18H22N4O/c1-2-20-9-11-21(12-10-20)13-14-7-8-22-16-6-4-3-5-15(16)18(23)19-17(14)22/h3-6,13H,2,7-12H2,1H3/b14-13+. The molecule has 0 spiro atoms. The van der Waals surface area contributed by atoms with Crippen molar-refractivity contribution in [2.45, 2.75) is 19.9 Å². The zero-order valence-electron chi connectivity index (χ0n) is 13.5. The molecule has 5 heteroatoms. The lowest BCUT2D eigenvalue weighted by molar-refractivity contribution is 0.176. The molecular formula is C18H22N4O. The Morgan fingerprint density at radius 3 is 2.70 bits per heavy atom. The molecule has 5 nitrogen and oxygen atoms in total. The molecule has 0 saturated carbocycles. The first-order chi connectivity index (χ1) is 11.3. The highest BCUT2D eigenvalue weighted by Crippen LogP contribution is 2.28. The highest BCUT2D eigenvalue weighted by atomic mass is 16.1. The summed E-state index contributed by atoms with van der Waals surface area (Å²) in [5.41, 5.74) is 2.08. The number of allylic oxidation sites excluding steroid dienone is 1. The third-order valence-electron chi connectivity index (χ3n) is 4.97. The van der Waals surface area contributed by atoms with Crippen molar-refractivity contribution in [3.8, 4) is 0 Å². The molecule has 23 heavy (non-hydrogen) atoms. The second-order valence-electron chi connectivity index (χ2n) is 6.28. The van der Waals surface area contributed by atoms with E-state index in [9.17, 15) is 4.79 Å². The van der Waals surface area contributed by atoms with E-state index in [1.54, 1.807) is 0 Å². The van der Waals surface area contributed by atoms with Gasteiger partial charge in [-0.1, -0.05) is 19.1 Å². The SMILES string of the molecule is CCN1CCN(/C=C2\CCn3c2nc(=O)c2ccccc23)CC1. The van der Waals surface area contributed by atoms with Crippen LogP contribution in [0.15, 0.2) is 35.3 Å². The van der Waals surface area contributed by atoms with Gasteiger partial charge in [0.1, 0.15) is 5.82 Å². The Labute approximate surface area is 135 Å². The van der Waals surface area contributed by atoms with Gasteiger partial charge in [-0.3, -0.25) is 4.79 Å². The maximum Gasteiger partial charge on any atom is 0.281 e. The average molecular weight is 310 g/mol. The fourth-order valence-electron chi connectivity index (χ4n) is 3.59. The minimum absolute atomic E-state index is 0.115. The van der Waals surface area contributed by atoms with Gasteiger partial charge < -0.3 is 14.4 Å². The molecule has 1 fully saturated rings. The van der Waals surface area contributed by atoms with Crippen LogP contribution in [0.4, 0.5) is 0 Å². The van der Waals surface area contributed by atoms with Gasteiger partial charge >= 0.3 is 0 Å². The molecule has 0 N–H and O–H groups in total. The Hall–Kier alpha value is -2.14. The predicted octanol–water partition coefficient (Wildman–Crippen LogP) is 1.78. The van der Waals surface area contributed by atoms with E-state index in [-0.39, 0.29) is 5.56 Å². The molecule has 0 bridgehead atoms. The first-order valence-corrected chi connectivity index (χ1v) is 8.43. The van der Waals surface area contributed by atoms with Crippen LogP contribution in [0.3, 0.4) is 0 Å². The van der Waals surface area contributed by atoms with Crippen LogP contribution in [0.1, 0.15) is 19.2 Å².